The number of hydrogen-bond donors (Lipinski definition) is 3. The van der Waals surface area contributed by atoms with Crippen molar-refractivity contribution in [3.63, 3.8) is 0 Å². The van der Waals surface area contributed by atoms with E-state index in [1.54, 1.807) is 24.3 Å². The maximum atomic E-state index is 10.7. The number of carbonyl (C=O) groups is 1. The number of carbonyl (C=O) groups excluding carboxylic acids is 1. The highest BCUT2D eigenvalue weighted by molar-refractivity contribution is 5.76. The number of nitrogens with two attached hydrogens (primary N) is 2. The minimum absolute atomic E-state index is 0.158. The van der Waals surface area contributed by atoms with Gasteiger partial charge in [0.25, 0.3) is 0 Å². The lowest BCUT2D eigenvalue weighted by atomic mass is 10.1. The first-order chi connectivity index (χ1) is 7.61. The minimum atomic E-state index is -0.662. The molecule has 0 saturated carbocycles. The molecule has 5 nitrogen and oxygen atoms in total. The molecular weight excluding hydrogens is 208 g/mol. The van der Waals surface area contributed by atoms with Crippen LogP contribution in [-0.2, 0) is 11.2 Å². The second-order valence-corrected chi connectivity index (χ2v) is 3.49. The summed E-state index contributed by atoms with van der Waals surface area (Å²) < 4.78 is 5.27. The molecule has 1 aromatic rings. The monoisotopic (exact) mass is 224 g/mol. The maximum Gasteiger partial charge on any atom is 0.221 e. The van der Waals surface area contributed by atoms with Gasteiger partial charge in [0.15, 0.2) is 0 Å². The van der Waals surface area contributed by atoms with Gasteiger partial charge in [-0.15, -0.1) is 0 Å². The van der Waals surface area contributed by atoms with Crippen molar-refractivity contribution in [2.24, 2.45) is 11.5 Å². The molecule has 1 rings (SSSR count). The van der Waals surface area contributed by atoms with Crippen LogP contribution in [0, 0.1) is 0 Å². The number of rotatable bonds is 6. The Balaban J connectivity index is 2.48. The molecule has 0 aromatic heterocycles. The van der Waals surface area contributed by atoms with Crippen molar-refractivity contribution >= 4 is 5.91 Å². The van der Waals surface area contributed by atoms with Gasteiger partial charge in [-0.05, 0) is 17.7 Å². The summed E-state index contributed by atoms with van der Waals surface area (Å²) in [6, 6.07) is 6.97. The summed E-state index contributed by atoms with van der Waals surface area (Å²) in [6.07, 6.45) is -0.448. The molecule has 0 aliphatic heterocycles. The number of amides is 1. The van der Waals surface area contributed by atoms with Crippen LogP contribution in [0.15, 0.2) is 24.3 Å². The van der Waals surface area contributed by atoms with Gasteiger partial charge in [0, 0.05) is 6.54 Å². The molecule has 0 fully saturated rings. The number of primary amides is 1. The van der Waals surface area contributed by atoms with Crippen LogP contribution in [0.2, 0.25) is 0 Å². The Hall–Kier alpha value is -1.59. The molecule has 0 unspecified atom stereocenters. The van der Waals surface area contributed by atoms with Gasteiger partial charge >= 0.3 is 0 Å². The van der Waals surface area contributed by atoms with Crippen molar-refractivity contribution < 1.29 is 14.6 Å². The van der Waals surface area contributed by atoms with E-state index in [9.17, 15) is 9.90 Å². The molecule has 0 heterocycles. The van der Waals surface area contributed by atoms with Crippen LogP contribution in [0.1, 0.15) is 5.56 Å². The number of aliphatic hydroxyl groups excluding tert-OH is 1. The summed E-state index contributed by atoms with van der Waals surface area (Å²) >= 11 is 0. The number of hydrogen-bond acceptors (Lipinski definition) is 4. The molecule has 5 heteroatoms. The van der Waals surface area contributed by atoms with E-state index >= 15 is 0 Å². The predicted octanol–water partition coefficient (Wildman–Crippen LogP) is -0.587. The zero-order valence-electron chi connectivity index (χ0n) is 8.93. The van der Waals surface area contributed by atoms with E-state index < -0.39 is 6.10 Å². The van der Waals surface area contributed by atoms with E-state index in [1.165, 1.54) is 0 Å². The number of aliphatic hydroxyl groups is 1. The van der Waals surface area contributed by atoms with Gasteiger partial charge in [-0.3, -0.25) is 4.79 Å². The summed E-state index contributed by atoms with van der Waals surface area (Å²) in [7, 11) is 0. The standard InChI is InChI=1S/C11H16N2O3/c12-6-9(14)7-16-10-3-1-8(2-4-10)5-11(13)15/h1-4,9,14H,5-7,12H2,(H2,13,15)/t9-/m0/s1. The third-order valence-corrected chi connectivity index (χ3v) is 2.02. The molecule has 1 amide bonds. The average Bonchev–Trinajstić information content (AvgIpc) is 2.27. The number of ether oxygens (including phenoxy) is 1. The van der Waals surface area contributed by atoms with Crippen LogP contribution in [0.5, 0.6) is 5.75 Å². The lowest BCUT2D eigenvalue weighted by molar-refractivity contribution is -0.117. The summed E-state index contributed by atoms with van der Waals surface area (Å²) in [4.78, 5) is 10.7. The first kappa shape index (κ1) is 12.5. The molecule has 1 atom stereocenters. The molecule has 1 aromatic carbocycles. The van der Waals surface area contributed by atoms with E-state index in [1.807, 2.05) is 0 Å². The predicted molar refractivity (Wildman–Crippen MR) is 59.9 cm³/mol. The molecule has 16 heavy (non-hydrogen) atoms. The third-order valence-electron chi connectivity index (χ3n) is 2.02. The first-order valence-corrected chi connectivity index (χ1v) is 5.00. The van der Waals surface area contributed by atoms with Crippen molar-refractivity contribution in [1.29, 1.82) is 0 Å². The van der Waals surface area contributed by atoms with E-state index in [4.69, 9.17) is 16.2 Å². The van der Waals surface area contributed by atoms with Crippen molar-refractivity contribution in [2.75, 3.05) is 13.2 Å². The second-order valence-electron chi connectivity index (χ2n) is 3.49. The SMILES string of the molecule is NC[C@H](O)COc1ccc(CC(N)=O)cc1. The summed E-state index contributed by atoms with van der Waals surface area (Å²) in [5.41, 5.74) is 11.1. The molecular formula is C11H16N2O3. The Morgan fingerprint density at radius 3 is 2.50 bits per heavy atom. The van der Waals surface area contributed by atoms with Gasteiger partial charge in [0.2, 0.25) is 5.91 Å². The van der Waals surface area contributed by atoms with Gasteiger partial charge in [0.1, 0.15) is 18.5 Å². The lowest BCUT2D eigenvalue weighted by Crippen LogP contribution is -2.26. The summed E-state index contributed by atoms with van der Waals surface area (Å²) in [5, 5.41) is 9.18. The van der Waals surface area contributed by atoms with Crippen LogP contribution < -0.4 is 16.2 Å². The zero-order valence-corrected chi connectivity index (χ0v) is 8.93. The highest BCUT2D eigenvalue weighted by atomic mass is 16.5. The Morgan fingerprint density at radius 1 is 1.38 bits per heavy atom. The third kappa shape index (κ3) is 4.29. The van der Waals surface area contributed by atoms with Crippen LogP contribution in [-0.4, -0.2) is 30.3 Å². The van der Waals surface area contributed by atoms with Gasteiger partial charge in [-0.25, -0.2) is 0 Å². The molecule has 0 aliphatic carbocycles. The fourth-order valence-corrected chi connectivity index (χ4v) is 1.17. The van der Waals surface area contributed by atoms with Gasteiger partial charge < -0.3 is 21.3 Å². The van der Waals surface area contributed by atoms with Crippen molar-refractivity contribution in [3.05, 3.63) is 29.8 Å². The molecule has 0 saturated heterocycles. The maximum absolute atomic E-state index is 10.7. The lowest BCUT2D eigenvalue weighted by Gasteiger charge is -2.10. The fourth-order valence-electron chi connectivity index (χ4n) is 1.17. The Labute approximate surface area is 94.0 Å². The minimum Gasteiger partial charge on any atom is -0.491 e. The van der Waals surface area contributed by atoms with Gasteiger partial charge in [0.05, 0.1) is 6.42 Å². The zero-order chi connectivity index (χ0) is 12.0. The topological polar surface area (TPSA) is 98.6 Å². The highest BCUT2D eigenvalue weighted by Crippen LogP contribution is 2.12. The normalized spacial score (nSPS) is 12.1. The van der Waals surface area contributed by atoms with Crippen LogP contribution in [0.25, 0.3) is 0 Å². The quantitative estimate of drug-likeness (QED) is 0.601. The van der Waals surface area contributed by atoms with Crippen molar-refractivity contribution in [2.45, 2.75) is 12.5 Å². The van der Waals surface area contributed by atoms with Crippen molar-refractivity contribution in [1.82, 2.24) is 0 Å². The van der Waals surface area contributed by atoms with Gasteiger partial charge in [-0.2, -0.15) is 0 Å². The Kier molecular flexibility index (Phi) is 4.75. The van der Waals surface area contributed by atoms with E-state index in [0.29, 0.717) is 5.75 Å². The van der Waals surface area contributed by atoms with Crippen LogP contribution in [0.3, 0.4) is 0 Å². The molecule has 88 valence electrons. The van der Waals surface area contributed by atoms with Crippen LogP contribution >= 0.6 is 0 Å². The fraction of sp³-hybridized carbons (Fsp3) is 0.364. The van der Waals surface area contributed by atoms with E-state index in [2.05, 4.69) is 0 Å². The first-order valence-electron chi connectivity index (χ1n) is 5.00. The second kappa shape index (κ2) is 6.09. The molecule has 0 radical (unpaired) electrons. The van der Waals surface area contributed by atoms with Crippen molar-refractivity contribution in [3.8, 4) is 5.75 Å². The Bertz CT molecular complexity index is 338. The molecule has 0 bridgehead atoms. The average molecular weight is 224 g/mol. The smallest absolute Gasteiger partial charge is 0.221 e. The van der Waals surface area contributed by atoms with Gasteiger partial charge in [-0.1, -0.05) is 12.1 Å². The Morgan fingerprint density at radius 2 is 2.00 bits per heavy atom. The number of benzene rings is 1. The summed E-state index contributed by atoms with van der Waals surface area (Å²) in [5.74, 6) is 0.257. The molecule has 0 aliphatic rings. The highest BCUT2D eigenvalue weighted by Gasteiger charge is 2.03. The van der Waals surface area contributed by atoms with E-state index in [0.717, 1.165) is 5.56 Å². The molecule has 5 N–H and O–H groups in total. The summed E-state index contributed by atoms with van der Waals surface area (Å²) in [6.45, 7) is 0.325. The molecule has 0 spiro atoms. The van der Waals surface area contributed by atoms with E-state index in [-0.39, 0.29) is 25.5 Å². The largest absolute Gasteiger partial charge is 0.491 e. The van der Waals surface area contributed by atoms with Crippen LogP contribution in [0.4, 0.5) is 0 Å².